The average Bonchev–Trinajstić information content (AvgIpc) is 3.16. The molecule has 6 heteroatoms. The maximum atomic E-state index is 12.5. The van der Waals surface area contributed by atoms with E-state index >= 15 is 0 Å². The number of primary amides is 1. The number of hydrogen-bond acceptors (Lipinski definition) is 5. The lowest BCUT2D eigenvalue weighted by atomic mass is 9.98. The van der Waals surface area contributed by atoms with Crippen molar-refractivity contribution in [3.05, 3.63) is 35.9 Å². The summed E-state index contributed by atoms with van der Waals surface area (Å²) in [6, 6.07) is 10.2. The fraction of sp³-hybridized carbons (Fsp3) is 0.588. The zero-order valence-electron chi connectivity index (χ0n) is 13.5. The first-order valence-corrected chi connectivity index (χ1v) is 9.80. The van der Waals surface area contributed by atoms with Crippen LogP contribution in [0.2, 0.25) is 0 Å². The molecule has 4 nitrogen and oxygen atoms in total. The highest BCUT2D eigenvalue weighted by Gasteiger charge is 2.64. The first-order valence-electron chi connectivity index (χ1n) is 7.94. The molecule has 0 bridgehead atoms. The van der Waals surface area contributed by atoms with Crippen molar-refractivity contribution in [1.29, 1.82) is 0 Å². The summed E-state index contributed by atoms with van der Waals surface area (Å²) >= 11 is 3.17. The normalized spacial score (nSPS) is 30.0. The number of thioether (sulfide) groups is 2. The second kappa shape index (κ2) is 6.67. The number of ether oxygens (including phenoxy) is 2. The second-order valence-corrected chi connectivity index (χ2v) is 9.27. The first-order chi connectivity index (χ1) is 11.0. The molecule has 2 aliphatic rings. The lowest BCUT2D eigenvalue weighted by Crippen LogP contribution is -2.57. The molecule has 126 valence electrons. The van der Waals surface area contributed by atoms with Crippen molar-refractivity contribution in [2.75, 3.05) is 19.0 Å². The summed E-state index contributed by atoms with van der Waals surface area (Å²) in [7, 11) is 0. The molecule has 1 amide bonds. The predicted molar refractivity (Wildman–Crippen MR) is 95.2 cm³/mol. The Kier molecular flexibility index (Phi) is 4.97. The van der Waals surface area contributed by atoms with Crippen LogP contribution in [0.15, 0.2) is 30.3 Å². The fourth-order valence-electron chi connectivity index (χ4n) is 3.24. The maximum Gasteiger partial charge on any atom is 0.249 e. The fourth-order valence-corrected chi connectivity index (χ4v) is 6.88. The predicted octanol–water partition coefficient (Wildman–Crippen LogP) is 3.18. The van der Waals surface area contributed by atoms with Crippen LogP contribution >= 0.6 is 23.5 Å². The quantitative estimate of drug-likeness (QED) is 0.881. The van der Waals surface area contributed by atoms with Crippen molar-refractivity contribution in [3.8, 4) is 0 Å². The van der Waals surface area contributed by atoms with Crippen molar-refractivity contribution in [2.45, 2.75) is 35.4 Å². The SMILES string of the molecule is CC(C)CC1([C@@]2(C(N)=O)SCC(c3ccccc3)S2)OCCO1. The Balaban J connectivity index is 1.93. The molecule has 0 aromatic heterocycles. The van der Waals surface area contributed by atoms with Gasteiger partial charge in [0.05, 0.1) is 13.2 Å². The summed E-state index contributed by atoms with van der Waals surface area (Å²) in [5.74, 6) is -0.106. The van der Waals surface area contributed by atoms with E-state index in [1.54, 1.807) is 23.5 Å². The summed E-state index contributed by atoms with van der Waals surface area (Å²) in [6.07, 6.45) is 0.664. The van der Waals surface area contributed by atoms with Gasteiger partial charge in [-0.2, -0.15) is 0 Å². The minimum Gasteiger partial charge on any atom is -0.368 e. The van der Waals surface area contributed by atoms with E-state index < -0.39 is 9.87 Å². The molecule has 0 aliphatic carbocycles. The Morgan fingerprint density at radius 1 is 1.30 bits per heavy atom. The molecule has 1 aromatic carbocycles. The van der Waals surface area contributed by atoms with Gasteiger partial charge in [-0.15, -0.1) is 23.5 Å². The van der Waals surface area contributed by atoms with E-state index in [1.165, 1.54) is 5.56 Å². The Morgan fingerprint density at radius 2 is 1.96 bits per heavy atom. The van der Waals surface area contributed by atoms with Gasteiger partial charge in [0.2, 0.25) is 11.7 Å². The number of hydrogen-bond donors (Lipinski definition) is 1. The number of carbonyl (C=O) groups is 1. The van der Waals surface area contributed by atoms with E-state index in [0.29, 0.717) is 25.6 Å². The molecule has 2 N–H and O–H groups in total. The largest absolute Gasteiger partial charge is 0.368 e. The smallest absolute Gasteiger partial charge is 0.249 e. The summed E-state index contributed by atoms with van der Waals surface area (Å²) in [5, 5.41) is 0.213. The van der Waals surface area contributed by atoms with Crippen LogP contribution < -0.4 is 5.73 Å². The molecule has 23 heavy (non-hydrogen) atoms. The van der Waals surface area contributed by atoms with Gasteiger partial charge in [0, 0.05) is 17.4 Å². The van der Waals surface area contributed by atoms with E-state index in [2.05, 4.69) is 26.0 Å². The van der Waals surface area contributed by atoms with Gasteiger partial charge in [0.15, 0.2) is 4.08 Å². The van der Waals surface area contributed by atoms with Crippen molar-refractivity contribution in [2.24, 2.45) is 11.7 Å². The minimum absolute atomic E-state index is 0.213. The third-order valence-electron chi connectivity index (χ3n) is 4.17. The molecule has 0 spiro atoms. The third kappa shape index (κ3) is 3.02. The van der Waals surface area contributed by atoms with Crippen LogP contribution in [-0.4, -0.2) is 34.7 Å². The molecular formula is C17H23NO3S2. The standard InChI is InChI=1S/C17H23NO3S2/c1-12(2)10-16(20-8-9-21-16)17(15(18)19)22-11-14(23-17)13-6-4-3-5-7-13/h3-7,12,14H,8-11H2,1-2H3,(H2,18,19)/t14?,17-/m0/s1. The third-order valence-corrected chi connectivity index (χ3v) is 8.01. The first kappa shape index (κ1) is 17.1. The monoisotopic (exact) mass is 353 g/mol. The molecule has 2 atom stereocenters. The van der Waals surface area contributed by atoms with Crippen LogP contribution in [0.1, 0.15) is 31.1 Å². The Morgan fingerprint density at radius 3 is 2.52 bits per heavy atom. The highest BCUT2D eigenvalue weighted by atomic mass is 32.2. The second-order valence-electron chi connectivity index (χ2n) is 6.36. The number of rotatable bonds is 5. The summed E-state index contributed by atoms with van der Waals surface area (Å²) < 4.78 is 11.1. The van der Waals surface area contributed by atoms with Gasteiger partial charge in [0.1, 0.15) is 0 Å². The molecule has 3 rings (SSSR count). The van der Waals surface area contributed by atoms with Crippen LogP contribution in [0.3, 0.4) is 0 Å². The van der Waals surface area contributed by atoms with Crippen LogP contribution in [0.25, 0.3) is 0 Å². The number of benzene rings is 1. The molecule has 2 fully saturated rings. The zero-order valence-corrected chi connectivity index (χ0v) is 15.1. The van der Waals surface area contributed by atoms with Gasteiger partial charge in [-0.3, -0.25) is 4.79 Å². The molecule has 2 aliphatic heterocycles. The molecule has 1 aromatic rings. The zero-order chi connectivity index (χ0) is 16.5. The van der Waals surface area contributed by atoms with Crippen molar-refractivity contribution in [3.63, 3.8) is 0 Å². The molecule has 0 radical (unpaired) electrons. The molecule has 0 saturated carbocycles. The van der Waals surface area contributed by atoms with Crippen LogP contribution in [0.4, 0.5) is 0 Å². The minimum atomic E-state index is -0.925. The van der Waals surface area contributed by atoms with Crippen molar-refractivity contribution >= 4 is 29.4 Å². The van der Waals surface area contributed by atoms with Crippen molar-refractivity contribution in [1.82, 2.24) is 0 Å². The Bertz CT molecular complexity index is 560. The van der Waals surface area contributed by atoms with Crippen LogP contribution in [0.5, 0.6) is 0 Å². The van der Waals surface area contributed by atoms with Gasteiger partial charge in [-0.25, -0.2) is 0 Å². The van der Waals surface area contributed by atoms with Gasteiger partial charge in [-0.05, 0) is 11.5 Å². The molecule has 2 heterocycles. The number of nitrogens with two attached hydrogens (primary N) is 1. The van der Waals surface area contributed by atoms with E-state index in [4.69, 9.17) is 15.2 Å². The van der Waals surface area contributed by atoms with Crippen LogP contribution in [0, 0.1) is 5.92 Å². The molecule has 1 unspecified atom stereocenters. The van der Waals surface area contributed by atoms with Gasteiger partial charge >= 0.3 is 0 Å². The molecular weight excluding hydrogens is 330 g/mol. The van der Waals surface area contributed by atoms with E-state index in [0.717, 1.165) is 5.75 Å². The highest BCUT2D eigenvalue weighted by Crippen LogP contribution is 2.62. The van der Waals surface area contributed by atoms with E-state index in [1.807, 2.05) is 18.2 Å². The topological polar surface area (TPSA) is 61.6 Å². The summed E-state index contributed by atoms with van der Waals surface area (Å²) in [4.78, 5) is 12.5. The average molecular weight is 354 g/mol. The Hall–Kier alpha value is -0.690. The summed E-state index contributed by atoms with van der Waals surface area (Å²) in [5.41, 5.74) is 7.09. The lowest BCUT2D eigenvalue weighted by molar-refractivity contribution is -0.178. The van der Waals surface area contributed by atoms with Gasteiger partial charge < -0.3 is 15.2 Å². The molecule has 2 saturated heterocycles. The van der Waals surface area contributed by atoms with Gasteiger partial charge in [-0.1, -0.05) is 44.2 Å². The maximum absolute atomic E-state index is 12.5. The Labute approximate surface area is 145 Å². The number of amides is 1. The van der Waals surface area contributed by atoms with Crippen molar-refractivity contribution < 1.29 is 14.3 Å². The van der Waals surface area contributed by atoms with E-state index in [-0.39, 0.29) is 11.2 Å². The van der Waals surface area contributed by atoms with Gasteiger partial charge in [0.25, 0.3) is 0 Å². The highest BCUT2D eigenvalue weighted by molar-refractivity contribution is 8.22. The van der Waals surface area contributed by atoms with Crippen LogP contribution in [-0.2, 0) is 14.3 Å². The number of carbonyl (C=O) groups excluding carboxylic acids is 1. The lowest BCUT2D eigenvalue weighted by Gasteiger charge is -2.41. The van der Waals surface area contributed by atoms with E-state index in [9.17, 15) is 4.79 Å². The summed E-state index contributed by atoms with van der Waals surface area (Å²) in [6.45, 7) is 5.25.